The first-order chi connectivity index (χ1) is 10.2. The lowest BCUT2D eigenvalue weighted by Gasteiger charge is -2.00. The van der Waals surface area contributed by atoms with Crippen LogP contribution in [-0.2, 0) is 16.1 Å². The molecule has 2 heterocycles. The Kier molecular flexibility index (Phi) is 5.03. The number of hydrogen-bond acceptors (Lipinski definition) is 6. The van der Waals surface area contributed by atoms with Gasteiger partial charge in [-0.25, -0.2) is 14.8 Å². The number of carbonyl (C=O) groups excluding carboxylic acids is 1. The summed E-state index contributed by atoms with van der Waals surface area (Å²) in [6, 6.07) is 3.64. The number of esters is 1. The molecule has 0 radical (unpaired) electrons. The van der Waals surface area contributed by atoms with Crippen LogP contribution in [0.5, 0.6) is 0 Å². The number of ether oxygens (including phenoxy) is 1. The maximum atomic E-state index is 11.1. The van der Waals surface area contributed by atoms with E-state index < -0.39 is 5.97 Å². The number of nitrogens with zero attached hydrogens (tertiary/aromatic N) is 4. The molecule has 108 valence electrons. The first-order valence-electron chi connectivity index (χ1n) is 6.49. The van der Waals surface area contributed by atoms with Gasteiger partial charge in [-0.2, -0.15) is 0 Å². The molecule has 0 atom stereocenters. The Morgan fingerprint density at radius 2 is 2.14 bits per heavy atom. The van der Waals surface area contributed by atoms with Gasteiger partial charge in [0.15, 0.2) is 18.6 Å². The smallest absolute Gasteiger partial charge is 0.351 e. The van der Waals surface area contributed by atoms with Crippen molar-refractivity contribution in [1.29, 1.82) is 5.41 Å². The highest BCUT2D eigenvalue weighted by Gasteiger charge is 2.11. The van der Waals surface area contributed by atoms with Crippen molar-refractivity contribution in [3.05, 3.63) is 36.9 Å². The molecule has 2 aromatic heterocycles. The van der Waals surface area contributed by atoms with E-state index in [4.69, 9.17) is 5.41 Å². The second-order valence-corrected chi connectivity index (χ2v) is 4.32. The predicted octanol–water partition coefficient (Wildman–Crippen LogP) is 0.799. The first-order valence-corrected chi connectivity index (χ1v) is 6.49. The third-order valence-corrected chi connectivity index (χ3v) is 2.84. The van der Waals surface area contributed by atoms with Crippen LogP contribution in [0.1, 0.15) is 12.8 Å². The molecule has 0 saturated heterocycles. The summed E-state index contributed by atoms with van der Waals surface area (Å²) in [7, 11) is 1.28. The van der Waals surface area contributed by atoms with Gasteiger partial charge in [0, 0.05) is 36.9 Å². The molecule has 0 fully saturated rings. The van der Waals surface area contributed by atoms with E-state index in [1.807, 2.05) is 12.3 Å². The molecule has 0 spiro atoms. The Hall–Kier alpha value is -2.70. The zero-order chi connectivity index (χ0) is 15.1. The van der Waals surface area contributed by atoms with E-state index in [9.17, 15) is 4.79 Å². The van der Waals surface area contributed by atoms with Crippen LogP contribution < -0.4 is 4.68 Å². The molecular weight excluding hydrogens is 270 g/mol. The molecule has 0 unspecified atom stereocenters. The Bertz CT molecular complexity index is 613. The molecule has 0 saturated carbocycles. The Balaban J connectivity index is 1.89. The van der Waals surface area contributed by atoms with Crippen LogP contribution in [0.15, 0.2) is 36.9 Å². The molecule has 0 aliphatic heterocycles. The van der Waals surface area contributed by atoms with E-state index in [1.165, 1.54) is 7.11 Å². The molecule has 1 N–H and O–H groups in total. The van der Waals surface area contributed by atoms with Gasteiger partial charge in [-0.1, -0.05) is 4.68 Å². The van der Waals surface area contributed by atoms with Crippen molar-refractivity contribution in [2.75, 3.05) is 7.11 Å². The van der Waals surface area contributed by atoms with Crippen LogP contribution in [0, 0.1) is 5.41 Å². The van der Waals surface area contributed by atoms with E-state index in [2.05, 4.69) is 19.8 Å². The van der Waals surface area contributed by atoms with Gasteiger partial charge in [0.2, 0.25) is 0 Å². The quantitative estimate of drug-likeness (QED) is 0.481. The molecule has 0 amide bonds. The topological polar surface area (TPSA) is 92.7 Å². The fraction of sp³-hybridized carbons (Fsp3) is 0.286. The van der Waals surface area contributed by atoms with Crippen LogP contribution in [-0.4, -0.2) is 33.9 Å². The van der Waals surface area contributed by atoms with Gasteiger partial charge in [-0.05, 0) is 11.2 Å². The molecule has 21 heavy (non-hydrogen) atoms. The second-order valence-electron chi connectivity index (χ2n) is 4.32. The number of nitrogens with one attached hydrogen (secondary N) is 1. The normalized spacial score (nSPS) is 10.1. The van der Waals surface area contributed by atoms with E-state index in [0.717, 1.165) is 5.56 Å². The summed E-state index contributed by atoms with van der Waals surface area (Å²) in [5.41, 5.74) is 0.821. The van der Waals surface area contributed by atoms with Gasteiger partial charge >= 0.3 is 5.97 Å². The maximum Gasteiger partial charge on any atom is 0.351 e. The molecule has 0 bridgehead atoms. The van der Waals surface area contributed by atoms with Gasteiger partial charge in [0.05, 0.1) is 7.11 Å². The lowest BCUT2D eigenvalue weighted by molar-refractivity contribution is -0.754. The van der Waals surface area contributed by atoms with Crippen molar-refractivity contribution in [3.8, 4) is 11.4 Å². The Morgan fingerprint density at radius 3 is 2.76 bits per heavy atom. The second kappa shape index (κ2) is 7.18. The Labute approximate surface area is 122 Å². The highest BCUT2D eigenvalue weighted by Crippen LogP contribution is 2.09. The average Bonchev–Trinajstić information content (AvgIpc) is 2.55. The molecule has 0 aliphatic rings. The highest BCUT2D eigenvalue weighted by molar-refractivity contribution is 6.34. The number of carbonyl (C=O) groups is 1. The minimum atomic E-state index is -0.579. The molecule has 0 aromatic carbocycles. The van der Waals surface area contributed by atoms with E-state index >= 15 is 0 Å². The standard InChI is InChI=1S/C14H16N5O2/c1-21-14(20)12(15)4-2-8-19-9-5-11(10-18-19)13-16-6-3-7-17-13/h3,5-7,9-10,15H,2,4,8H2,1H3/q+1. The molecule has 2 aromatic rings. The van der Waals surface area contributed by atoms with Crippen molar-refractivity contribution in [2.45, 2.75) is 19.4 Å². The van der Waals surface area contributed by atoms with Crippen molar-refractivity contribution in [1.82, 2.24) is 15.1 Å². The zero-order valence-electron chi connectivity index (χ0n) is 11.7. The molecular formula is C14H16N5O2+. The van der Waals surface area contributed by atoms with Crippen molar-refractivity contribution in [3.63, 3.8) is 0 Å². The van der Waals surface area contributed by atoms with Gasteiger partial charge < -0.3 is 4.74 Å². The van der Waals surface area contributed by atoms with Crippen molar-refractivity contribution in [2.24, 2.45) is 0 Å². The highest BCUT2D eigenvalue weighted by atomic mass is 16.5. The summed E-state index contributed by atoms with van der Waals surface area (Å²) in [6.45, 7) is 0.620. The number of rotatable bonds is 6. The molecule has 7 nitrogen and oxygen atoms in total. The minimum absolute atomic E-state index is 0.0209. The van der Waals surface area contributed by atoms with E-state index in [1.54, 1.807) is 29.3 Å². The van der Waals surface area contributed by atoms with Crippen LogP contribution in [0.4, 0.5) is 0 Å². The van der Waals surface area contributed by atoms with Crippen LogP contribution in [0.25, 0.3) is 11.4 Å². The fourth-order valence-corrected chi connectivity index (χ4v) is 1.74. The number of aromatic nitrogens is 4. The van der Waals surface area contributed by atoms with Crippen LogP contribution >= 0.6 is 0 Å². The molecule has 0 aliphatic carbocycles. The lowest BCUT2D eigenvalue weighted by atomic mass is 10.2. The summed E-state index contributed by atoms with van der Waals surface area (Å²) in [6.07, 6.45) is 7.90. The number of methoxy groups -OCH3 is 1. The van der Waals surface area contributed by atoms with Gasteiger partial charge in [0.1, 0.15) is 11.9 Å². The molecule has 7 heteroatoms. The average molecular weight is 286 g/mol. The maximum absolute atomic E-state index is 11.1. The van der Waals surface area contributed by atoms with Gasteiger partial charge in [0.25, 0.3) is 0 Å². The zero-order valence-corrected chi connectivity index (χ0v) is 11.7. The fourth-order valence-electron chi connectivity index (χ4n) is 1.74. The summed E-state index contributed by atoms with van der Waals surface area (Å²) < 4.78 is 6.23. The van der Waals surface area contributed by atoms with E-state index in [-0.39, 0.29) is 5.71 Å². The lowest BCUT2D eigenvalue weighted by Crippen LogP contribution is -2.37. The number of aryl methyl sites for hydroxylation is 1. The summed E-state index contributed by atoms with van der Waals surface area (Å²) in [5.74, 6) is 0.0501. The molecule has 2 rings (SSSR count). The summed E-state index contributed by atoms with van der Waals surface area (Å²) >= 11 is 0. The number of hydrogen-bond donors (Lipinski definition) is 1. The first kappa shape index (κ1) is 14.7. The Morgan fingerprint density at radius 1 is 1.38 bits per heavy atom. The van der Waals surface area contributed by atoms with Crippen LogP contribution in [0.3, 0.4) is 0 Å². The van der Waals surface area contributed by atoms with Crippen molar-refractivity contribution < 1.29 is 14.2 Å². The third-order valence-electron chi connectivity index (χ3n) is 2.84. The summed E-state index contributed by atoms with van der Waals surface area (Å²) in [5, 5.41) is 11.8. The van der Waals surface area contributed by atoms with Gasteiger partial charge in [-0.15, -0.1) is 0 Å². The largest absolute Gasteiger partial charge is 0.465 e. The minimum Gasteiger partial charge on any atom is -0.465 e. The van der Waals surface area contributed by atoms with E-state index in [0.29, 0.717) is 25.2 Å². The summed E-state index contributed by atoms with van der Waals surface area (Å²) in [4.78, 5) is 19.4. The van der Waals surface area contributed by atoms with Crippen LogP contribution in [0.2, 0.25) is 0 Å². The third kappa shape index (κ3) is 4.13. The van der Waals surface area contributed by atoms with Crippen molar-refractivity contribution >= 4 is 11.7 Å². The monoisotopic (exact) mass is 286 g/mol. The van der Waals surface area contributed by atoms with Gasteiger partial charge in [-0.3, -0.25) is 5.41 Å². The SMILES string of the molecule is COC(=O)C(=N)CCC[n+]1ccc(-c2ncccn2)cn1. The predicted molar refractivity (Wildman–Crippen MR) is 74.4 cm³/mol.